The van der Waals surface area contributed by atoms with Gasteiger partial charge in [-0.25, -0.2) is 9.78 Å². The van der Waals surface area contributed by atoms with Crippen LogP contribution in [-0.2, 0) is 4.74 Å². The van der Waals surface area contributed by atoms with Crippen molar-refractivity contribution in [3.8, 4) is 0 Å². The highest BCUT2D eigenvalue weighted by Gasteiger charge is 2.11. The van der Waals surface area contributed by atoms with Gasteiger partial charge in [0.05, 0.1) is 7.11 Å². The van der Waals surface area contributed by atoms with E-state index in [9.17, 15) is 4.79 Å². The molecule has 0 aromatic carbocycles. The first-order valence-electron chi connectivity index (χ1n) is 5.56. The van der Waals surface area contributed by atoms with Crippen molar-refractivity contribution in [2.45, 2.75) is 26.2 Å². The van der Waals surface area contributed by atoms with Gasteiger partial charge in [-0.2, -0.15) is 0 Å². The molecule has 0 saturated heterocycles. The van der Waals surface area contributed by atoms with Gasteiger partial charge in [0, 0.05) is 12.7 Å². The Hall–Kier alpha value is -1.58. The van der Waals surface area contributed by atoms with Crippen molar-refractivity contribution in [3.63, 3.8) is 0 Å². The van der Waals surface area contributed by atoms with Crippen molar-refractivity contribution >= 4 is 11.8 Å². The molecule has 0 aliphatic rings. The molecule has 4 nitrogen and oxygen atoms in total. The maximum absolute atomic E-state index is 11.4. The zero-order chi connectivity index (χ0) is 11.8. The van der Waals surface area contributed by atoms with Gasteiger partial charge in [-0.05, 0) is 18.6 Å². The Morgan fingerprint density at radius 1 is 1.50 bits per heavy atom. The number of pyridine rings is 1. The normalized spacial score (nSPS) is 9.88. The second-order valence-corrected chi connectivity index (χ2v) is 3.53. The molecule has 1 rings (SSSR count). The van der Waals surface area contributed by atoms with Gasteiger partial charge in [0.25, 0.3) is 0 Å². The van der Waals surface area contributed by atoms with E-state index in [-0.39, 0.29) is 5.97 Å². The molecule has 4 heteroatoms. The van der Waals surface area contributed by atoms with Gasteiger partial charge in [0.2, 0.25) is 0 Å². The van der Waals surface area contributed by atoms with Crippen molar-refractivity contribution in [2.75, 3.05) is 19.0 Å². The first-order chi connectivity index (χ1) is 7.79. The second-order valence-electron chi connectivity index (χ2n) is 3.53. The van der Waals surface area contributed by atoms with Crippen LogP contribution < -0.4 is 5.32 Å². The summed E-state index contributed by atoms with van der Waals surface area (Å²) in [7, 11) is 1.37. The Morgan fingerprint density at radius 3 is 3.00 bits per heavy atom. The van der Waals surface area contributed by atoms with Gasteiger partial charge in [-0.1, -0.05) is 19.8 Å². The minimum Gasteiger partial charge on any atom is -0.465 e. The fraction of sp³-hybridized carbons (Fsp3) is 0.500. The molecule has 1 N–H and O–H groups in total. The Balaban J connectivity index is 2.60. The lowest BCUT2D eigenvalue weighted by Gasteiger charge is -2.08. The van der Waals surface area contributed by atoms with Gasteiger partial charge in [0.1, 0.15) is 11.4 Å². The zero-order valence-corrected chi connectivity index (χ0v) is 9.82. The van der Waals surface area contributed by atoms with E-state index in [1.54, 1.807) is 18.3 Å². The average molecular weight is 222 g/mol. The third-order valence-corrected chi connectivity index (χ3v) is 2.29. The summed E-state index contributed by atoms with van der Waals surface area (Å²) in [6, 6.07) is 3.43. The van der Waals surface area contributed by atoms with Crippen LogP contribution in [0.5, 0.6) is 0 Å². The molecule has 0 radical (unpaired) electrons. The number of esters is 1. The van der Waals surface area contributed by atoms with Crippen LogP contribution in [0.15, 0.2) is 18.3 Å². The lowest BCUT2D eigenvalue weighted by Crippen LogP contribution is -2.10. The predicted octanol–water partition coefficient (Wildman–Crippen LogP) is 2.47. The van der Waals surface area contributed by atoms with Crippen LogP contribution in [0.2, 0.25) is 0 Å². The molecule has 1 aromatic heterocycles. The molecular weight excluding hydrogens is 204 g/mol. The van der Waals surface area contributed by atoms with Crippen LogP contribution in [0.3, 0.4) is 0 Å². The fourth-order valence-corrected chi connectivity index (χ4v) is 1.40. The van der Waals surface area contributed by atoms with Crippen LogP contribution in [0, 0.1) is 0 Å². The largest absolute Gasteiger partial charge is 0.465 e. The first kappa shape index (κ1) is 12.5. The van der Waals surface area contributed by atoms with Crippen molar-refractivity contribution < 1.29 is 9.53 Å². The predicted molar refractivity (Wildman–Crippen MR) is 63.6 cm³/mol. The Bertz CT molecular complexity index is 340. The summed E-state index contributed by atoms with van der Waals surface area (Å²) in [5, 5.41) is 3.15. The van der Waals surface area contributed by atoms with E-state index in [1.165, 1.54) is 20.0 Å². The third-order valence-electron chi connectivity index (χ3n) is 2.29. The summed E-state index contributed by atoms with van der Waals surface area (Å²) in [6.07, 6.45) is 5.09. The highest BCUT2D eigenvalue weighted by molar-refractivity contribution is 5.94. The lowest BCUT2D eigenvalue weighted by atomic mass is 10.2. The number of hydrogen-bond donors (Lipinski definition) is 1. The minimum atomic E-state index is -0.355. The number of nitrogens with zero attached hydrogens (tertiary/aromatic N) is 1. The Kier molecular flexibility index (Phi) is 5.32. The molecule has 1 heterocycles. The molecule has 88 valence electrons. The maximum Gasteiger partial charge on any atom is 0.341 e. The molecule has 0 amide bonds. The molecule has 0 atom stereocenters. The van der Waals surface area contributed by atoms with Crippen molar-refractivity contribution in [2.24, 2.45) is 0 Å². The molecule has 1 aromatic rings. The van der Waals surface area contributed by atoms with Gasteiger partial charge in [-0.15, -0.1) is 0 Å². The molecule has 0 saturated carbocycles. The number of rotatable bonds is 6. The number of aromatic nitrogens is 1. The van der Waals surface area contributed by atoms with Crippen LogP contribution in [0.1, 0.15) is 36.5 Å². The standard InChI is InChI=1S/C12H18N2O2/c1-3-4-5-8-13-11-10(12(15)16-2)7-6-9-14-11/h6-7,9H,3-5,8H2,1-2H3,(H,13,14). The summed E-state index contributed by atoms with van der Waals surface area (Å²) >= 11 is 0. The smallest absolute Gasteiger partial charge is 0.341 e. The summed E-state index contributed by atoms with van der Waals surface area (Å²) < 4.78 is 4.69. The number of methoxy groups -OCH3 is 1. The number of anilines is 1. The summed E-state index contributed by atoms with van der Waals surface area (Å²) in [5.41, 5.74) is 0.487. The summed E-state index contributed by atoms with van der Waals surface area (Å²) in [5.74, 6) is 0.247. The molecular formula is C12H18N2O2. The number of ether oxygens (including phenoxy) is 1. The van der Waals surface area contributed by atoms with Crippen LogP contribution >= 0.6 is 0 Å². The number of nitrogens with one attached hydrogen (secondary N) is 1. The SMILES string of the molecule is CCCCCNc1ncccc1C(=O)OC. The Labute approximate surface area is 96.0 Å². The lowest BCUT2D eigenvalue weighted by molar-refractivity contribution is 0.0601. The zero-order valence-electron chi connectivity index (χ0n) is 9.82. The van der Waals surface area contributed by atoms with Gasteiger partial charge < -0.3 is 10.1 Å². The molecule has 0 unspecified atom stereocenters. The van der Waals surface area contributed by atoms with E-state index >= 15 is 0 Å². The van der Waals surface area contributed by atoms with Crippen molar-refractivity contribution in [1.29, 1.82) is 0 Å². The second kappa shape index (κ2) is 6.82. The monoisotopic (exact) mass is 222 g/mol. The van der Waals surface area contributed by atoms with E-state index in [1.807, 2.05) is 0 Å². The molecule has 0 spiro atoms. The van der Waals surface area contributed by atoms with Crippen LogP contribution in [0.4, 0.5) is 5.82 Å². The fourth-order valence-electron chi connectivity index (χ4n) is 1.40. The molecule has 0 fully saturated rings. The van der Waals surface area contributed by atoms with Crippen molar-refractivity contribution in [3.05, 3.63) is 23.9 Å². The number of hydrogen-bond acceptors (Lipinski definition) is 4. The third kappa shape index (κ3) is 3.53. The van der Waals surface area contributed by atoms with E-state index in [2.05, 4.69) is 22.0 Å². The van der Waals surface area contributed by atoms with Gasteiger partial charge >= 0.3 is 5.97 Å². The van der Waals surface area contributed by atoms with E-state index < -0.39 is 0 Å². The average Bonchev–Trinajstić information content (AvgIpc) is 2.34. The molecule has 16 heavy (non-hydrogen) atoms. The number of carbonyl (C=O) groups is 1. The summed E-state index contributed by atoms with van der Waals surface area (Å²) in [4.78, 5) is 15.6. The molecule has 0 aliphatic carbocycles. The number of unbranched alkanes of at least 4 members (excludes halogenated alkanes) is 2. The highest BCUT2D eigenvalue weighted by Crippen LogP contribution is 2.12. The van der Waals surface area contributed by atoms with E-state index in [0.717, 1.165) is 13.0 Å². The first-order valence-corrected chi connectivity index (χ1v) is 5.56. The number of carbonyl (C=O) groups excluding carboxylic acids is 1. The summed E-state index contributed by atoms with van der Waals surface area (Å²) in [6.45, 7) is 2.98. The quantitative estimate of drug-likeness (QED) is 0.593. The van der Waals surface area contributed by atoms with Crippen molar-refractivity contribution in [1.82, 2.24) is 4.98 Å². The van der Waals surface area contributed by atoms with Crippen LogP contribution in [-0.4, -0.2) is 24.6 Å². The Morgan fingerprint density at radius 2 is 2.31 bits per heavy atom. The molecule has 0 aliphatic heterocycles. The highest BCUT2D eigenvalue weighted by atomic mass is 16.5. The van der Waals surface area contributed by atoms with E-state index in [0.29, 0.717) is 11.4 Å². The van der Waals surface area contributed by atoms with Gasteiger partial charge in [0.15, 0.2) is 0 Å². The topological polar surface area (TPSA) is 51.2 Å². The van der Waals surface area contributed by atoms with Crippen LogP contribution in [0.25, 0.3) is 0 Å². The van der Waals surface area contributed by atoms with Gasteiger partial charge in [-0.3, -0.25) is 0 Å². The molecule has 0 bridgehead atoms. The minimum absolute atomic E-state index is 0.355. The van der Waals surface area contributed by atoms with E-state index in [4.69, 9.17) is 0 Å². The maximum atomic E-state index is 11.4.